The van der Waals surface area contributed by atoms with Crippen LogP contribution < -0.4 is 4.74 Å². The molecule has 0 saturated carbocycles. The highest BCUT2D eigenvalue weighted by atomic mass is 35.5. The highest BCUT2D eigenvalue weighted by Crippen LogP contribution is 2.33. The van der Waals surface area contributed by atoms with Crippen molar-refractivity contribution in [2.24, 2.45) is 0 Å². The van der Waals surface area contributed by atoms with E-state index >= 15 is 0 Å². The molecular weight excluding hydrogens is 440 g/mol. The van der Waals surface area contributed by atoms with Gasteiger partial charge in [-0.3, -0.25) is 9.78 Å². The van der Waals surface area contributed by atoms with E-state index in [1.165, 1.54) is 0 Å². The van der Waals surface area contributed by atoms with Crippen molar-refractivity contribution in [2.45, 2.75) is 18.8 Å². The Morgan fingerprint density at radius 2 is 1.88 bits per heavy atom. The number of ether oxygens (including phenoxy) is 1. The van der Waals surface area contributed by atoms with Crippen LogP contribution in [0.2, 0.25) is 5.02 Å². The molecule has 1 amide bonds. The highest BCUT2D eigenvalue weighted by Gasteiger charge is 2.29. The van der Waals surface area contributed by atoms with Crippen molar-refractivity contribution < 1.29 is 9.53 Å². The largest absolute Gasteiger partial charge is 0.437 e. The first-order chi connectivity index (χ1) is 16.2. The molecule has 0 aliphatic carbocycles. The maximum Gasteiger partial charge on any atom is 0.255 e. The number of aromatic nitrogens is 5. The van der Waals surface area contributed by atoms with Gasteiger partial charge < -0.3 is 9.64 Å². The van der Waals surface area contributed by atoms with Crippen LogP contribution in [0.4, 0.5) is 0 Å². The van der Waals surface area contributed by atoms with Gasteiger partial charge in [0, 0.05) is 55.0 Å². The molecule has 5 rings (SSSR count). The molecule has 1 aliphatic rings. The minimum Gasteiger partial charge on any atom is -0.437 e. The highest BCUT2D eigenvalue weighted by molar-refractivity contribution is 6.30. The molecule has 3 aromatic heterocycles. The molecular formula is C24H21ClN6O2. The van der Waals surface area contributed by atoms with E-state index < -0.39 is 0 Å². The van der Waals surface area contributed by atoms with E-state index in [1.807, 2.05) is 17.2 Å². The Kier molecular flexibility index (Phi) is 5.99. The summed E-state index contributed by atoms with van der Waals surface area (Å²) in [4.78, 5) is 28.3. The number of pyridine rings is 1. The predicted octanol–water partition coefficient (Wildman–Crippen LogP) is 4.52. The van der Waals surface area contributed by atoms with Crippen molar-refractivity contribution >= 4 is 17.5 Å². The van der Waals surface area contributed by atoms with Crippen LogP contribution in [-0.2, 0) is 0 Å². The Morgan fingerprint density at radius 3 is 2.64 bits per heavy atom. The third kappa shape index (κ3) is 4.70. The van der Waals surface area contributed by atoms with E-state index in [2.05, 4.69) is 20.1 Å². The number of hydrogen-bond donors (Lipinski definition) is 0. The summed E-state index contributed by atoms with van der Waals surface area (Å²) in [5.74, 6) is 1.72. The van der Waals surface area contributed by atoms with Crippen LogP contribution in [0.3, 0.4) is 0 Å². The quantitative estimate of drug-likeness (QED) is 0.435. The van der Waals surface area contributed by atoms with Gasteiger partial charge in [0.25, 0.3) is 5.91 Å². The van der Waals surface area contributed by atoms with E-state index in [9.17, 15) is 4.79 Å². The number of carbonyl (C=O) groups is 1. The zero-order valence-corrected chi connectivity index (χ0v) is 18.5. The van der Waals surface area contributed by atoms with Crippen LogP contribution in [0.1, 0.15) is 34.8 Å². The fraction of sp³-hybridized carbons (Fsp3) is 0.208. The lowest BCUT2D eigenvalue weighted by atomic mass is 9.94. The second kappa shape index (κ2) is 9.38. The molecule has 1 aromatic carbocycles. The Morgan fingerprint density at radius 1 is 1.03 bits per heavy atom. The molecule has 166 valence electrons. The number of rotatable bonds is 5. The van der Waals surface area contributed by atoms with Crippen LogP contribution in [0.5, 0.6) is 11.6 Å². The lowest BCUT2D eigenvalue weighted by molar-refractivity contribution is 0.0704. The second-order valence-corrected chi connectivity index (χ2v) is 8.19. The fourth-order valence-corrected chi connectivity index (χ4v) is 4.05. The Bertz CT molecular complexity index is 1230. The number of nitrogens with zero attached hydrogens (tertiary/aromatic N) is 6. The molecule has 1 saturated heterocycles. The first-order valence-electron chi connectivity index (χ1n) is 10.7. The summed E-state index contributed by atoms with van der Waals surface area (Å²) in [5, 5.41) is 4.80. The average molecular weight is 461 g/mol. The molecule has 0 N–H and O–H groups in total. The van der Waals surface area contributed by atoms with Gasteiger partial charge in [-0.05, 0) is 55.3 Å². The summed E-state index contributed by atoms with van der Waals surface area (Å²) in [5.41, 5.74) is 1.29. The number of hydrogen-bond acceptors (Lipinski definition) is 6. The van der Waals surface area contributed by atoms with E-state index in [0.717, 1.165) is 18.5 Å². The van der Waals surface area contributed by atoms with Crippen LogP contribution in [0.25, 0.3) is 5.82 Å². The van der Waals surface area contributed by atoms with Crippen LogP contribution in [-0.4, -0.2) is 48.6 Å². The van der Waals surface area contributed by atoms with E-state index in [1.54, 1.807) is 65.9 Å². The molecule has 4 aromatic rings. The number of piperidine rings is 1. The van der Waals surface area contributed by atoms with Gasteiger partial charge in [0.2, 0.25) is 5.88 Å². The predicted molar refractivity (Wildman–Crippen MR) is 123 cm³/mol. The molecule has 8 nitrogen and oxygen atoms in total. The van der Waals surface area contributed by atoms with Crippen LogP contribution in [0, 0.1) is 0 Å². The van der Waals surface area contributed by atoms with Crippen molar-refractivity contribution in [3.63, 3.8) is 0 Å². The maximum absolute atomic E-state index is 13.2. The molecule has 1 atom stereocenters. The molecule has 33 heavy (non-hydrogen) atoms. The molecule has 0 spiro atoms. The topological polar surface area (TPSA) is 86.0 Å². The maximum atomic E-state index is 13.2. The lowest BCUT2D eigenvalue weighted by Gasteiger charge is -2.32. The van der Waals surface area contributed by atoms with Gasteiger partial charge in [-0.2, -0.15) is 5.10 Å². The number of carbonyl (C=O) groups excluding carboxylic acids is 1. The van der Waals surface area contributed by atoms with Crippen molar-refractivity contribution in [3.8, 4) is 17.4 Å². The monoisotopic (exact) mass is 460 g/mol. The van der Waals surface area contributed by atoms with Gasteiger partial charge in [-0.15, -0.1) is 0 Å². The number of amides is 1. The number of benzene rings is 1. The third-order valence-electron chi connectivity index (χ3n) is 5.55. The van der Waals surface area contributed by atoms with Crippen LogP contribution >= 0.6 is 11.6 Å². The average Bonchev–Trinajstić information content (AvgIpc) is 3.41. The Balaban J connectivity index is 1.32. The fourth-order valence-electron chi connectivity index (χ4n) is 3.93. The Hall–Kier alpha value is -3.78. The molecule has 0 bridgehead atoms. The van der Waals surface area contributed by atoms with Crippen LogP contribution in [0.15, 0.2) is 73.4 Å². The molecule has 0 radical (unpaired) electrons. The van der Waals surface area contributed by atoms with Gasteiger partial charge >= 0.3 is 0 Å². The summed E-state index contributed by atoms with van der Waals surface area (Å²) in [6.45, 7) is 1.22. The lowest BCUT2D eigenvalue weighted by Crippen LogP contribution is -2.39. The van der Waals surface area contributed by atoms with Gasteiger partial charge in [-0.1, -0.05) is 11.6 Å². The molecule has 0 unspecified atom stereocenters. The van der Waals surface area contributed by atoms with E-state index in [4.69, 9.17) is 16.3 Å². The summed E-state index contributed by atoms with van der Waals surface area (Å²) in [7, 11) is 0. The first-order valence-corrected chi connectivity index (χ1v) is 11.0. The second-order valence-electron chi connectivity index (χ2n) is 7.75. The van der Waals surface area contributed by atoms with Crippen molar-refractivity contribution in [1.82, 2.24) is 29.6 Å². The van der Waals surface area contributed by atoms with Crippen molar-refractivity contribution in [1.29, 1.82) is 0 Å². The summed E-state index contributed by atoms with van der Waals surface area (Å²) < 4.78 is 7.65. The molecule has 4 heterocycles. The minimum absolute atomic E-state index is 0.0232. The van der Waals surface area contributed by atoms with E-state index in [0.29, 0.717) is 41.1 Å². The van der Waals surface area contributed by atoms with Crippen molar-refractivity contribution in [2.75, 3.05) is 13.1 Å². The van der Waals surface area contributed by atoms with Crippen molar-refractivity contribution in [3.05, 3.63) is 89.7 Å². The van der Waals surface area contributed by atoms with E-state index in [-0.39, 0.29) is 11.8 Å². The zero-order chi connectivity index (χ0) is 22.6. The summed E-state index contributed by atoms with van der Waals surface area (Å²) in [6, 6.07) is 12.5. The smallest absolute Gasteiger partial charge is 0.255 e. The zero-order valence-electron chi connectivity index (χ0n) is 17.7. The third-order valence-corrected chi connectivity index (χ3v) is 5.80. The summed E-state index contributed by atoms with van der Waals surface area (Å²) in [6.07, 6.45) is 10.1. The normalized spacial score (nSPS) is 15.9. The number of likely N-dealkylation sites (tertiary alicyclic amines) is 1. The van der Waals surface area contributed by atoms with Gasteiger partial charge in [0.15, 0.2) is 5.82 Å². The molecule has 1 aliphatic heterocycles. The van der Waals surface area contributed by atoms with Gasteiger partial charge in [0.1, 0.15) is 11.4 Å². The Labute approximate surface area is 195 Å². The standard InChI is InChI=1S/C24H21ClN6O2/c25-19-5-7-20(8-6-19)33-23-22(26-11-12-27-23)18-3-1-13-30(16-18)24(32)17-4-9-21(28-15-17)31-14-2-10-29-31/h2,4-12,14-15,18H,1,3,13,16H2/t18-/m1/s1. The summed E-state index contributed by atoms with van der Waals surface area (Å²) >= 11 is 5.97. The molecule has 1 fully saturated rings. The van der Waals surface area contributed by atoms with Gasteiger partial charge in [0.05, 0.1) is 5.56 Å². The van der Waals surface area contributed by atoms with Gasteiger partial charge in [-0.25, -0.2) is 14.6 Å². The first kappa shape index (κ1) is 21.1. The minimum atomic E-state index is -0.0525. The SMILES string of the molecule is O=C(c1ccc(-n2cccn2)nc1)N1CCC[C@@H](c2nccnc2Oc2ccc(Cl)cc2)C1. The number of halogens is 1. The molecule has 9 heteroatoms.